The second kappa shape index (κ2) is 7.17. The van der Waals surface area contributed by atoms with E-state index in [1.165, 1.54) is 11.8 Å². The summed E-state index contributed by atoms with van der Waals surface area (Å²) in [5.74, 6) is 0.0752. The van der Waals surface area contributed by atoms with Crippen molar-refractivity contribution in [2.24, 2.45) is 0 Å². The lowest BCUT2D eigenvalue weighted by Gasteiger charge is -2.07. The Morgan fingerprint density at radius 3 is 2.78 bits per heavy atom. The zero-order valence-electron chi connectivity index (χ0n) is 11.8. The lowest BCUT2D eigenvalue weighted by atomic mass is 10.2. The Labute approximate surface area is 147 Å². The summed E-state index contributed by atoms with van der Waals surface area (Å²) in [6, 6.07) is 12.8. The van der Waals surface area contributed by atoms with Gasteiger partial charge in [-0.05, 0) is 18.2 Å². The molecule has 0 aliphatic rings. The smallest absolute Gasteiger partial charge is 0.234 e. The van der Waals surface area contributed by atoms with Crippen LogP contribution in [0.15, 0.2) is 53.7 Å². The first-order valence-electron chi connectivity index (χ1n) is 6.71. The minimum atomic E-state index is -0.150. The molecule has 0 unspecified atom stereocenters. The molecule has 23 heavy (non-hydrogen) atoms. The molecule has 0 saturated heterocycles. The van der Waals surface area contributed by atoms with Crippen molar-refractivity contribution in [3.05, 3.63) is 58.7 Å². The average molecular weight is 364 g/mol. The molecule has 0 aliphatic carbocycles. The van der Waals surface area contributed by atoms with Crippen molar-refractivity contribution in [1.29, 1.82) is 0 Å². The predicted octanol–water partition coefficient (Wildman–Crippen LogP) is 4.67. The van der Waals surface area contributed by atoms with Gasteiger partial charge >= 0.3 is 0 Å². The standard InChI is InChI=1S/C16H11Cl2N3OS/c17-13-6-5-11(7-14(13)18)20-15(22)9-23-16-12-4-2-1-3-10(12)8-19-21-16/h1-8H,9H2,(H,20,22). The summed E-state index contributed by atoms with van der Waals surface area (Å²) in [5, 5.41) is 14.4. The SMILES string of the molecule is O=C(CSc1nncc2ccccc12)Nc1ccc(Cl)c(Cl)c1. The molecule has 1 aromatic heterocycles. The number of fused-ring (bicyclic) bond motifs is 1. The summed E-state index contributed by atoms with van der Waals surface area (Å²) >= 11 is 13.1. The van der Waals surface area contributed by atoms with Crippen LogP contribution in [0.1, 0.15) is 0 Å². The molecule has 1 amide bonds. The van der Waals surface area contributed by atoms with Crippen molar-refractivity contribution in [2.75, 3.05) is 11.1 Å². The average Bonchev–Trinajstić information content (AvgIpc) is 2.56. The molecule has 0 aliphatic heterocycles. The van der Waals surface area contributed by atoms with Crippen molar-refractivity contribution in [2.45, 2.75) is 5.03 Å². The van der Waals surface area contributed by atoms with E-state index in [0.717, 1.165) is 15.8 Å². The van der Waals surface area contributed by atoms with Gasteiger partial charge in [0.15, 0.2) is 0 Å². The van der Waals surface area contributed by atoms with Crippen LogP contribution in [-0.2, 0) is 4.79 Å². The Balaban J connectivity index is 1.67. The van der Waals surface area contributed by atoms with Crippen LogP contribution < -0.4 is 5.32 Å². The molecule has 0 radical (unpaired) electrons. The van der Waals surface area contributed by atoms with Crippen LogP contribution in [0, 0.1) is 0 Å². The lowest BCUT2D eigenvalue weighted by Crippen LogP contribution is -2.14. The van der Waals surface area contributed by atoms with Gasteiger partial charge < -0.3 is 5.32 Å². The normalized spacial score (nSPS) is 10.7. The number of carbonyl (C=O) groups excluding carboxylic acids is 1. The molecular weight excluding hydrogens is 353 g/mol. The number of nitrogens with zero attached hydrogens (tertiary/aromatic N) is 2. The number of halogens is 2. The maximum atomic E-state index is 12.1. The maximum absolute atomic E-state index is 12.1. The van der Waals surface area contributed by atoms with Crippen molar-refractivity contribution >= 4 is 57.3 Å². The molecule has 0 bridgehead atoms. The third-order valence-corrected chi connectivity index (χ3v) is 4.80. The summed E-state index contributed by atoms with van der Waals surface area (Å²) in [7, 11) is 0. The van der Waals surface area contributed by atoms with Gasteiger partial charge in [0.2, 0.25) is 5.91 Å². The number of hydrogen-bond acceptors (Lipinski definition) is 4. The number of anilines is 1. The van der Waals surface area contributed by atoms with Crippen LogP contribution in [0.4, 0.5) is 5.69 Å². The highest BCUT2D eigenvalue weighted by Gasteiger charge is 2.09. The van der Waals surface area contributed by atoms with E-state index in [2.05, 4.69) is 15.5 Å². The Kier molecular flexibility index (Phi) is 5.00. The monoisotopic (exact) mass is 363 g/mol. The fourth-order valence-electron chi connectivity index (χ4n) is 2.01. The van der Waals surface area contributed by atoms with Crippen molar-refractivity contribution < 1.29 is 4.79 Å². The summed E-state index contributed by atoms with van der Waals surface area (Å²) in [6.07, 6.45) is 1.70. The van der Waals surface area contributed by atoms with E-state index in [1.54, 1.807) is 24.4 Å². The molecule has 116 valence electrons. The first-order valence-corrected chi connectivity index (χ1v) is 8.46. The summed E-state index contributed by atoms with van der Waals surface area (Å²) in [4.78, 5) is 12.1. The number of hydrogen-bond donors (Lipinski definition) is 1. The topological polar surface area (TPSA) is 54.9 Å². The van der Waals surface area contributed by atoms with E-state index in [9.17, 15) is 4.79 Å². The van der Waals surface area contributed by atoms with Crippen molar-refractivity contribution in [3.8, 4) is 0 Å². The maximum Gasteiger partial charge on any atom is 0.234 e. The minimum Gasteiger partial charge on any atom is -0.325 e. The molecule has 4 nitrogen and oxygen atoms in total. The van der Waals surface area contributed by atoms with Crippen LogP contribution in [0.2, 0.25) is 10.0 Å². The lowest BCUT2D eigenvalue weighted by molar-refractivity contribution is -0.113. The molecule has 1 heterocycles. The van der Waals surface area contributed by atoms with Gasteiger partial charge in [-0.1, -0.05) is 59.2 Å². The molecule has 3 rings (SSSR count). The van der Waals surface area contributed by atoms with Crippen LogP contribution in [0.5, 0.6) is 0 Å². The van der Waals surface area contributed by atoms with Gasteiger partial charge in [-0.2, -0.15) is 5.10 Å². The summed E-state index contributed by atoms with van der Waals surface area (Å²) < 4.78 is 0. The van der Waals surface area contributed by atoms with Gasteiger partial charge in [0.25, 0.3) is 0 Å². The van der Waals surface area contributed by atoms with Crippen LogP contribution in [-0.4, -0.2) is 21.9 Å². The van der Waals surface area contributed by atoms with Gasteiger partial charge in [0.05, 0.1) is 22.0 Å². The van der Waals surface area contributed by atoms with E-state index < -0.39 is 0 Å². The second-order valence-electron chi connectivity index (χ2n) is 4.70. The van der Waals surface area contributed by atoms with E-state index in [4.69, 9.17) is 23.2 Å². The van der Waals surface area contributed by atoms with Gasteiger partial charge in [-0.3, -0.25) is 4.79 Å². The number of nitrogens with one attached hydrogen (secondary N) is 1. The molecule has 0 atom stereocenters. The first-order chi connectivity index (χ1) is 11.1. The molecule has 7 heteroatoms. The second-order valence-corrected chi connectivity index (χ2v) is 6.48. The molecule has 0 saturated carbocycles. The fourth-order valence-corrected chi connectivity index (χ4v) is 3.10. The fraction of sp³-hybridized carbons (Fsp3) is 0.0625. The van der Waals surface area contributed by atoms with Gasteiger partial charge in [0.1, 0.15) is 5.03 Å². The summed E-state index contributed by atoms with van der Waals surface area (Å²) in [5.41, 5.74) is 0.606. The van der Waals surface area contributed by atoms with Crippen LogP contribution in [0.25, 0.3) is 10.8 Å². The van der Waals surface area contributed by atoms with E-state index in [0.29, 0.717) is 15.7 Å². The van der Waals surface area contributed by atoms with Gasteiger partial charge in [-0.25, -0.2) is 0 Å². The number of amides is 1. The molecule has 1 N–H and O–H groups in total. The third-order valence-electron chi connectivity index (χ3n) is 3.08. The first kappa shape index (κ1) is 16.1. The third kappa shape index (κ3) is 3.93. The van der Waals surface area contributed by atoms with E-state index in [-0.39, 0.29) is 11.7 Å². The Hall–Kier alpha value is -1.82. The molecule has 2 aromatic carbocycles. The van der Waals surface area contributed by atoms with Crippen LogP contribution in [0.3, 0.4) is 0 Å². The Morgan fingerprint density at radius 1 is 1.13 bits per heavy atom. The van der Waals surface area contributed by atoms with Gasteiger partial charge in [-0.15, -0.1) is 5.10 Å². The number of thioether (sulfide) groups is 1. The molecule has 0 spiro atoms. The van der Waals surface area contributed by atoms with E-state index in [1.807, 2.05) is 24.3 Å². The number of aromatic nitrogens is 2. The predicted molar refractivity (Wildman–Crippen MR) is 95.4 cm³/mol. The van der Waals surface area contributed by atoms with Crippen molar-refractivity contribution in [1.82, 2.24) is 10.2 Å². The Bertz CT molecular complexity index is 868. The van der Waals surface area contributed by atoms with Crippen LogP contribution >= 0.6 is 35.0 Å². The summed E-state index contributed by atoms with van der Waals surface area (Å²) in [6.45, 7) is 0. The zero-order valence-corrected chi connectivity index (χ0v) is 14.1. The van der Waals surface area contributed by atoms with E-state index >= 15 is 0 Å². The number of rotatable bonds is 4. The highest BCUT2D eigenvalue weighted by molar-refractivity contribution is 8.00. The minimum absolute atomic E-state index is 0.150. The number of benzene rings is 2. The highest BCUT2D eigenvalue weighted by atomic mass is 35.5. The van der Waals surface area contributed by atoms with Crippen molar-refractivity contribution in [3.63, 3.8) is 0 Å². The van der Waals surface area contributed by atoms with Gasteiger partial charge in [0, 0.05) is 16.5 Å². The number of carbonyl (C=O) groups is 1. The zero-order chi connectivity index (χ0) is 16.2. The Morgan fingerprint density at radius 2 is 1.96 bits per heavy atom. The molecule has 0 fully saturated rings. The molecular formula is C16H11Cl2N3OS. The quantitative estimate of drug-likeness (QED) is 0.684. The largest absolute Gasteiger partial charge is 0.325 e. The molecule has 3 aromatic rings. The highest BCUT2D eigenvalue weighted by Crippen LogP contribution is 2.26.